The first-order valence-electron chi connectivity index (χ1n) is 7.13. The van der Waals surface area contributed by atoms with Gasteiger partial charge in [0.25, 0.3) is 0 Å². The van der Waals surface area contributed by atoms with Crippen molar-refractivity contribution < 1.29 is 13.2 Å². The van der Waals surface area contributed by atoms with Gasteiger partial charge in [-0.3, -0.25) is 0 Å². The standard InChI is InChI=1S/C14H23F3N4/c1-9(2)6-5-7-10(3)19-12-8-11(14(15,16)17)20-13(18-4)21-12/h8-10H,5-7H2,1-4H3,(H2,18,19,20,21). The van der Waals surface area contributed by atoms with Gasteiger partial charge in [-0.15, -0.1) is 0 Å². The number of nitrogens with zero attached hydrogens (tertiary/aromatic N) is 2. The van der Waals surface area contributed by atoms with Crippen molar-refractivity contribution in [3.8, 4) is 0 Å². The number of rotatable bonds is 7. The maximum absolute atomic E-state index is 12.8. The summed E-state index contributed by atoms with van der Waals surface area (Å²) >= 11 is 0. The fourth-order valence-electron chi connectivity index (χ4n) is 1.94. The zero-order chi connectivity index (χ0) is 16.0. The molecule has 0 spiro atoms. The van der Waals surface area contributed by atoms with Gasteiger partial charge in [-0.05, 0) is 19.3 Å². The Morgan fingerprint density at radius 1 is 1.14 bits per heavy atom. The van der Waals surface area contributed by atoms with E-state index >= 15 is 0 Å². The van der Waals surface area contributed by atoms with Crippen molar-refractivity contribution in [2.45, 2.75) is 52.3 Å². The van der Waals surface area contributed by atoms with Crippen molar-refractivity contribution in [3.63, 3.8) is 0 Å². The lowest BCUT2D eigenvalue weighted by atomic mass is 10.0. The van der Waals surface area contributed by atoms with Gasteiger partial charge >= 0.3 is 6.18 Å². The van der Waals surface area contributed by atoms with Crippen LogP contribution in [0.15, 0.2) is 6.07 Å². The average molecular weight is 304 g/mol. The molecule has 1 atom stereocenters. The minimum Gasteiger partial charge on any atom is -0.367 e. The molecule has 7 heteroatoms. The molecule has 0 radical (unpaired) electrons. The van der Waals surface area contributed by atoms with Gasteiger partial charge in [-0.1, -0.05) is 26.7 Å². The summed E-state index contributed by atoms with van der Waals surface area (Å²) in [5, 5.41) is 5.56. The van der Waals surface area contributed by atoms with Gasteiger partial charge in [0, 0.05) is 19.2 Å². The van der Waals surface area contributed by atoms with E-state index in [1.54, 1.807) is 0 Å². The first-order chi connectivity index (χ1) is 9.72. The molecule has 1 aromatic rings. The predicted octanol–water partition coefficient (Wildman–Crippen LogP) is 4.16. The summed E-state index contributed by atoms with van der Waals surface area (Å²) in [6, 6.07) is 1.00. The number of alkyl halides is 3. The van der Waals surface area contributed by atoms with E-state index in [1.165, 1.54) is 7.05 Å². The highest BCUT2D eigenvalue weighted by Gasteiger charge is 2.33. The highest BCUT2D eigenvalue weighted by molar-refractivity contribution is 5.43. The quantitative estimate of drug-likeness (QED) is 0.794. The molecule has 0 saturated carbocycles. The number of hydrogen-bond acceptors (Lipinski definition) is 4. The van der Waals surface area contributed by atoms with Crippen LogP contribution in [0.2, 0.25) is 0 Å². The second kappa shape index (κ2) is 7.47. The molecule has 1 rings (SSSR count). The molecule has 4 nitrogen and oxygen atoms in total. The van der Waals surface area contributed by atoms with Crippen LogP contribution in [0.3, 0.4) is 0 Å². The summed E-state index contributed by atoms with van der Waals surface area (Å²) < 4.78 is 38.3. The van der Waals surface area contributed by atoms with Crippen molar-refractivity contribution in [2.75, 3.05) is 17.7 Å². The molecule has 0 aromatic carbocycles. The summed E-state index contributed by atoms with van der Waals surface area (Å²) in [4.78, 5) is 7.44. The minimum absolute atomic E-state index is 0.0401. The zero-order valence-corrected chi connectivity index (χ0v) is 12.9. The van der Waals surface area contributed by atoms with E-state index in [2.05, 4.69) is 34.4 Å². The van der Waals surface area contributed by atoms with Gasteiger partial charge in [0.1, 0.15) is 5.82 Å². The molecule has 0 saturated heterocycles. The van der Waals surface area contributed by atoms with E-state index < -0.39 is 11.9 Å². The Labute approximate surface area is 123 Å². The molecule has 1 unspecified atom stereocenters. The first-order valence-corrected chi connectivity index (χ1v) is 7.13. The summed E-state index contributed by atoms with van der Waals surface area (Å²) in [6.45, 7) is 6.24. The molecule has 0 aliphatic heterocycles. The molecule has 0 amide bonds. The van der Waals surface area contributed by atoms with Crippen LogP contribution in [-0.4, -0.2) is 23.1 Å². The zero-order valence-electron chi connectivity index (χ0n) is 12.9. The normalized spacial score (nSPS) is 13.3. The number of nitrogens with one attached hydrogen (secondary N) is 2. The Kier molecular flexibility index (Phi) is 6.23. The van der Waals surface area contributed by atoms with Gasteiger partial charge in [-0.2, -0.15) is 18.2 Å². The molecule has 0 aliphatic rings. The summed E-state index contributed by atoms with van der Waals surface area (Å²) in [5.41, 5.74) is -0.946. The number of halogens is 3. The molecule has 1 aromatic heterocycles. The number of aromatic nitrogens is 2. The topological polar surface area (TPSA) is 49.8 Å². The maximum atomic E-state index is 12.8. The molecule has 21 heavy (non-hydrogen) atoms. The summed E-state index contributed by atoms with van der Waals surface area (Å²) in [5.74, 6) is 0.782. The van der Waals surface area contributed by atoms with Crippen molar-refractivity contribution >= 4 is 11.8 Å². The van der Waals surface area contributed by atoms with Crippen molar-refractivity contribution in [1.82, 2.24) is 9.97 Å². The van der Waals surface area contributed by atoms with E-state index in [0.29, 0.717) is 5.92 Å². The average Bonchev–Trinajstić information content (AvgIpc) is 2.36. The summed E-state index contributed by atoms with van der Waals surface area (Å²) in [6.07, 6.45) is -1.46. The van der Waals surface area contributed by atoms with Crippen LogP contribution in [0.1, 0.15) is 45.7 Å². The Morgan fingerprint density at radius 3 is 2.33 bits per heavy atom. The lowest BCUT2D eigenvalue weighted by Crippen LogP contribution is -2.18. The highest BCUT2D eigenvalue weighted by atomic mass is 19.4. The second-order valence-corrected chi connectivity index (χ2v) is 5.58. The van der Waals surface area contributed by atoms with Crippen LogP contribution in [0, 0.1) is 5.92 Å². The molecule has 0 aliphatic carbocycles. The lowest BCUT2D eigenvalue weighted by molar-refractivity contribution is -0.141. The largest absolute Gasteiger partial charge is 0.433 e. The van der Waals surface area contributed by atoms with Crippen LogP contribution in [-0.2, 0) is 6.18 Å². The SMILES string of the molecule is CNc1nc(NC(C)CCCC(C)C)cc(C(F)(F)F)n1. The minimum atomic E-state index is -4.48. The van der Waals surface area contributed by atoms with E-state index in [4.69, 9.17) is 0 Å². The van der Waals surface area contributed by atoms with E-state index in [9.17, 15) is 13.2 Å². The second-order valence-electron chi connectivity index (χ2n) is 5.58. The fourth-order valence-corrected chi connectivity index (χ4v) is 1.94. The van der Waals surface area contributed by atoms with E-state index in [-0.39, 0.29) is 17.8 Å². The first kappa shape index (κ1) is 17.5. The number of anilines is 2. The van der Waals surface area contributed by atoms with Gasteiger partial charge in [0.15, 0.2) is 5.69 Å². The van der Waals surface area contributed by atoms with Crippen LogP contribution in [0.5, 0.6) is 0 Å². The maximum Gasteiger partial charge on any atom is 0.433 e. The monoisotopic (exact) mass is 304 g/mol. The van der Waals surface area contributed by atoms with E-state index in [0.717, 1.165) is 25.3 Å². The summed E-state index contributed by atoms with van der Waals surface area (Å²) in [7, 11) is 1.49. The third-order valence-corrected chi connectivity index (χ3v) is 3.05. The smallest absolute Gasteiger partial charge is 0.367 e. The van der Waals surface area contributed by atoms with Gasteiger partial charge in [0.2, 0.25) is 5.95 Å². The predicted molar refractivity (Wildman–Crippen MR) is 78.4 cm³/mol. The van der Waals surface area contributed by atoms with Crippen LogP contribution in [0.25, 0.3) is 0 Å². The Bertz CT molecular complexity index is 446. The van der Waals surface area contributed by atoms with Gasteiger partial charge in [0.05, 0.1) is 0 Å². The molecule has 2 N–H and O–H groups in total. The van der Waals surface area contributed by atoms with Crippen molar-refractivity contribution in [3.05, 3.63) is 11.8 Å². The third-order valence-electron chi connectivity index (χ3n) is 3.05. The van der Waals surface area contributed by atoms with Gasteiger partial charge < -0.3 is 10.6 Å². The van der Waals surface area contributed by atoms with Crippen molar-refractivity contribution in [1.29, 1.82) is 0 Å². The highest BCUT2D eigenvalue weighted by Crippen LogP contribution is 2.29. The Balaban J connectivity index is 2.73. The fraction of sp³-hybridized carbons (Fsp3) is 0.714. The molecule has 0 fully saturated rings. The Morgan fingerprint density at radius 2 is 1.81 bits per heavy atom. The number of hydrogen-bond donors (Lipinski definition) is 2. The molecule has 120 valence electrons. The van der Waals surface area contributed by atoms with Gasteiger partial charge in [-0.25, -0.2) is 4.98 Å². The molecule has 1 heterocycles. The van der Waals surface area contributed by atoms with E-state index in [1.807, 2.05) is 6.92 Å². The van der Waals surface area contributed by atoms with Crippen molar-refractivity contribution in [2.24, 2.45) is 5.92 Å². The molecular formula is C14H23F3N4. The van der Waals surface area contributed by atoms with Crippen LogP contribution in [0.4, 0.5) is 24.9 Å². The Hall–Kier alpha value is -1.53. The molecular weight excluding hydrogens is 281 g/mol. The van der Waals surface area contributed by atoms with Crippen LogP contribution >= 0.6 is 0 Å². The van der Waals surface area contributed by atoms with Crippen LogP contribution < -0.4 is 10.6 Å². The molecule has 0 bridgehead atoms. The third kappa shape index (κ3) is 6.18. The lowest BCUT2D eigenvalue weighted by Gasteiger charge is -2.17.